The molecule has 0 aliphatic carbocycles. The van der Waals surface area contributed by atoms with Crippen molar-refractivity contribution in [2.24, 2.45) is 5.73 Å². The van der Waals surface area contributed by atoms with Gasteiger partial charge in [-0.3, -0.25) is 0 Å². The van der Waals surface area contributed by atoms with Crippen molar-refractivity contribution in [2.45, 2.75) is 19.4 Å². The first-order valence-electron chi connectivity index (χ1n) is 8.29. The Morgan fingerprint density at radius 2 is 1.62 bits per heavy atom. The van der Waals surface area contributed by atoms with Crippen molar-refractivity contribution in [2.75, 3.05) is 13.1 Å². The summed E-state index contributed by atoms with van der Waals surface area (Å²) in [6, 6.07) is 14.3. The van der Waals surface area contributed by atoms with Crippen molar-refractivity contribution in [3.8, 4) is 22.8 Å². The van der Waals surface area contributed by atoms with E-state index in [1.165, 1.54) is 11.1 Å². The summed E-state index contributed by atoms with van der Waals surface area (Å²) in [6.07, 6.45) is 2.10. The largest absolute Gasteiger partial charge is 0.334 e. The minimum absolute atomic E-state index is 0. The summed E-state index contributed by atoms with van der Waals surface area (Å²) in [6.45, 7) is 2.58. The van der Waals surface area contributed by atoms with Crippen LogP contribution in [0.15, 0.2) is 47.0 Å². The first-order valence-corrected chi connectivity index (χ1v) is 8.29. The molecule has 0 saturated carbocycles. The number of hydrogen-bond acceptors (Lipinski definition) is 5. The maximum atomic E-state index is 5.63. The molecule has 0 unspecified atom stereocenters. The summed E-state index contributed by atoms with van der Waals surface area (Å²) in [7, 11) is 0. The van der Waals surface area contributed by atoms with Crippen LogP contribution in [0, 0.1) is 0 Å². The van der Waals surface area contributed by atoms with Crippen molar-refractivity contribution < 1.29 is 4.52 Å². The van der Waals surface area contributed by atoms with Gasteiger partial charge >= 0.3 is 0 Å². The highest BCUT2D eigenvalue weighted by molar-refractivity contribution is 5.85. The standard InChI is InChI=1S/C19H20N4O.2ClH/c20-12-13-1-3-15(4-2-13)18-22-19(24-23-18)17-6-5-14-7-9-21-10-8-16(14)11-17;;/h1-6,11,21H,7-10,12,20H2;2*1H. The fourth-order valence-corrected chi connectivity index (χ4v) is 3.05. The number of hydrogen-bond donors (Lipinski definition) is 2. The Balaban J connectivity index is 0.00000121. The Morgan fingerprint density at radius 1 is 0.923 bits per heavy atom. The van der Waals surface area contributed by atoms with Crippen molar-refractivity contribution >= 4 is 24.8 Å². The van der Waals surface area contributed by atoms with Gasteiger partial charge in [0.05, 0.1) is 0 Å². The van der Waals surface area contributed by atoms with Gasteiger partial charge in [-0.05, 0) is 54.8 Å². The van der Waals surface area contributed by atoms with Crippen LogP contribution in [0.5, 0.6) is 0 Å². The molecule has 1 aliphatic heterocycles. The van der Waals surface area contributed by atoms with Crippen LogP contribution in [0.1, 0.15) is 16.7 Å². The van der Waals surface area contributed by atoms with Crippen LogP contribution in [0.25, 0.3) is 22.8 Å². The van der Waals surface area contributed by atoms with E-state index in [4.69, 9.17) is 10.3 Å². The number of nitrogens with zero attached hydrogens (tertiary/aromatic N) is 2. The molecule has 0 radical (unpaired) electrons. The second kappa shape index (κ2) is 9.14. The van der Waals surface area contributed by atoms with Crippen molar-refractivity contribution in [3.63, 3.8) is 0 Å². The quantitative estimate of drug-likeness (QED) is 0.713. The molecular weight excluding hydrogens is 371 g/mol. The Hall–Kier alpha value is -1.92. The molecule has 0 amide bonds. The van der Waals surface area contributed by atoms with Gasteiger partial charge in [0.25, 0.3) is 5.89 Å². The molecule has 138 valence electrons. The Morgan fingerprint density at radius 3 is 2.35 bits per heavy atom. The molecule has 7 heteroatoms. The zero-order chi connectivity index (χ0) is 16.4. The predicted molar refractivity (Wildman–Crippen MR) is 108 cm³/mol. The van der Waals surface area contributed by atoms with E-state index in [0.717, 1.165) is 42.6 Å². The molecule has 1 aromatic heterocycles. The molecule has 2 aromatic carbocycles. The van der Waals surface area contributed by atoms with Crippen molar-refractivity contribution in [1.29, 1.82) is 0 Å². The molecular formula is C19H22Cl2N4O. The highest BCUT2D eigenvalue weighted by Gasteiger charge is 2.14. The molecule has 5 nitrogen and oxygen atoms in total. The highest BCUT2D eigenvalue weighted by atomic mass is 35.5. The van der Waals surface area contributed by atoms with E-state index in [1.807, 2.05) is 24.3 Å². The van der Waals surface area contributed by atoms with Gasteiger partial charge in [0.1, 0.15) is 0 Å². The number of fused-ring (bicyclic) bond motifs is 1. The van der Waals surface area contributed by atoms with E-state index in [9.17, 15) is 0 Å². The van der Waals surface area contributed by atoms with E-state index in [2.05, 4.69) is 33.7 Å². The molecule has 0 spiro atoms. The zero-order valence-corrected chi connectivity index (χ0v) is 15.9. The molecule has 2 heterocycles. The van der Waals surface area contributed by atoms with Crippen LogP contribution in [-0.4, -0.2) is 23.2 Å². The van der Waals surface area contributed by atoms with Gasteiger partial charge in [0.2, 0.25) is 5.82 Å². The Bertz CT molecular complexity index is 849. The van der Waals surface area contributed by atoms with Gasteiger partial charge in [-0.15, -0.1) is 24.8 Å². The van der Waals surface area contributed by atoms with Crippen LogP contribution in [0.4, 0.5) is 0 Å². The topological polar surface area (TPSA) is 77.0 Å². The van der Waals surface area contributed by atoms with Crippen LogP contribution in [0.3, 0.4) is 0 Å². The molecule has 0 saturated heterocycles. The van der Waals surface area contributed by atoms with E-state index in [-0.39, 0.29) is 24.8 Å². The number of nitrogens with two attached hydrogens (primary N) is 1. The first-order chi connectivity index (χ1) is 11.8. The highest BCUT2D eigenvalue weighted by Crippen LogP contribution is 2.25. The maximum absolute atomic E-state index is 5.63. The molecule has 3 aromatic rings. The van der Waals surface area contributed by atoms with Gasteiger partial charge in [0.15, 0.2) is 0 Å². The molecule has 26 heavy (non-hydrogen) atoms. The zero-order valence-electron chi connectivity index (χ0n) is 14.3. The Labute approximate surface area is 165 Å². The molecule has 3 N–H and O–H groups in total. The van der Waals surface area contributed by atoms with Crippen LogP contribution in [-0.2, 0) is 19.4 Å². The third-order valence-corrected chi connectivity index (χ3v) is 4.47. The summed E-state index contributed by atoms with van der Waals surface area (Å²) in [5, 5.41) is 7.55. The third-order valence-electron chi connectivity index (χ3n) is 4.47. The number of rotatable bonds is 3. The second-order valence-electron chi connectivity index (χ2n) is 6.06. The number of nitrogens with one attached hydrogen (secondary N) is 1. The van der Waals surface area contributed by atoms with Gasteiger partial charge in [0, 0.05) is 17.7 Å². The van der Waals surface area contributed by atoms with E-state index < -0.39 is 0 Å². The summed E-state index contributed by atoms with van der Waals surface area (Å²) in [4.78, 5) is 4.55. The lowest BCUT2D eigenvalue weighted by molar-refractivity contribution is 0.432. The average molecular weight is 393 g/mol. The fourth-order valence-electron chi connectivity index (χ4n) is 3.05. The normalized spacial score (nSPS) is 13.1. The average Bonchev–Trinajstić information content (AvgIpc) is 3.01. The predicted octanol–water partition coefficient (Wildman–Crippen LogP) is 3.39. The molecule has 0 atom stereocenters. The van der Waals surface area contributed by atoms with Gasteiger partial charge in [-0.25, -0.2) is 0 Å². The van der Waals surface area contributed by atoms with Crippen molar-refractivity contribution in [3.05, 3.63) is 59.2 Å². The number of aromatic nitrogens is 2. The monoisotopic (exact) mass is 392 g/mol. The van der Waals surface area contributed by atoms with Gasteiger partial charge < -0.3 is 15.6 Å². The van der Waals surface area contributed by atoms with Crippen LogP contribution >= 0.6 is 24.8 Å². The number of benzene rings is 2. The number of halogens is 2. The first kappa shape index (κ1) is 20.4. The summed E-state index contributed by atoms with van der Waals surface area (Å²) >= 11 is 0. The minimum Gasteiger partial charge on any atom is -0.334 e. The summed E-state index contributed by atoms with van der Waals surface area (Å²) in [5.74, 6) is 1.16. The third kappa shape index (κ3) is 4.24. The lowest BCUT2D eigenvalue weighted by Crippen LogP contribution is -2.16. The molecule has 0 fully saturated rings. The second-order valence-corrected chi connectivity index (χ2v) is 6.06. The molecule has 1 aliphatic rings. The lowest BCUT2D eigenvalue weighted by Gasteiger charge is -2.05. The Kier molecular flexibility index (Phi) is 7.17. The van der Waals surface area contributed by atoms with Gasteiger partial charge in [-0.1, -0.05) is 35.5 Å². The van der Waals surface area contributed by atoms with E-state index >= 15 is 0 Å². The fraction of sp³-hybridized carbons (Fsp3) is 0.263. The van der Waals surface area contributed by atoms with Gasteiger partial charge in [-0.2, -0.15) is 4.98 Å². The summed E-state index contributed by atoms with van der Waals surface area (Å²) < 4.78 is 5.48. The maximum Gasteiger partial charge on any atom is 0.258 e. The lowest BCUT2D eigenvalue weighted by atomic mass is 10.00. The minimum atomic E-state index is 0. The smallest absolute Gasteiger partial charge is 0.258 e. The molecule has 4 rings (SSSR count). The summed E-state index contributed by atoms with van der Waals surface area (Å²) in [5.41, 5.74) is 11.4. The van der Waals surface area contributed by atoms with Crippen LogP contribution < -0.4 is 11.1 Å². The van der Waals surface area contributed by atoms with Crippen molar-refractivity contribution in [1.82, 2.24) is 15.5 Å². The van der Waals surface area contributed by atoms with E-state index in [0.29, 0.717) is 18.3 Å². The SMILES string of the molecule is Cl.Cl.NCc1ccc(-c2noc(-c3ccc4c(c3)CCNCC4)n2)cc1. The van der Waals surface area contributed by atoms with E-state index in [1.54, 1.807) is 0 Å². The van der Waals surface area contributed by atoms with Crippen LogP contribution in [0.2, 0.25) is 0 Å². The molecule has 0 bridgehead atoms.